The molecule has 23 heavy (non-hydrogen) atoms. The largest absolute Gasteiger partial charge is 0.370 e. The number of hydrogen-bond acceptors (Lipinski definition) is 5. The van der Waals surface area contributed by atoms with Crippen molar-refractivity contribution in [1.82, 2.24) is 18.5 Å². The topological polar surface area (TPSA) is 125 Å². The molecule has 4 N–H and O–H groups in total. The number of hydrogen-bond donors (Lipinski definition) is 2. The van der Waals surface area contributed by atoms with Gasteiger partial charge in [0.15, 0.2) is 5.96 Å². The summed E-state index contributed by atoms with van der Waals surface area (Å²) in [6, 6.07) is 5.71. The molecule has 1 amide bonds. The van der Waals surface area contributed by atoms with Crippen LogP contribution in [-0.2, 0) is 0 Å². The van der Waals surface area contributed by atoms with Gasteiger partial charge in [-0.15, -0.1) is 0 Å². The molecule has 0 unspecified atom stereocenters. The molecule has 1 saturated carbocycles. The molecule has 4 rings (SSSR count). The molecule has 0 saturated heterocycles. The lowest BCUT2D eigenvalue weighted by molar-refractivity contribution is 0.100. The number of carbonyl (C=O) groups excluding carboxylic acids is 1. The van der Waals surface area contributed by atoms with Crippen LogP contribution >= 0.6 is 11.7 Å². The molecule has 2 aromatic heterocycles. The van der Waals surface area contributed by atoms with Gasteiger partial charge in [-0.3, -0.25) is 4.79 Å². The molecular weight excluding hydrogens is 314 g/mol. The molecule has 9 heteroatoms. The summed E-state index contributed by atoms with van der Waals surface area (Å²) in [4.78, 5) is 15.9. The number of nitrogens with two attached hydrogens (primary N) is 2. The van der Waals surface area contributed by atoms with E-state index >= 15 is 0 Å². The summed E-state index contributed by atoms with van der Waals surface area (Å²) in [6.45, 7) is 0. The first-order chi connectivity index (χ1) is 11.1. The molecule has 0 aliphatic heterocycles. The minimum Gasteiger partial charge on any atom is -0.370 e. The zero-order valence-corrected chi connectivity index (χ0v) is 12.8. The lowest BCUT2D eigenvalue weighted by Crippen LogP contribution is -2.24. The second-order valence-electron chi connectivity index (χ2n) is 5.38. The van der Waals surface area contributed by atoms with E-state index in [1.807, 2.05) is 18.2 Å². The molecule has 3 aromatic rings. The van der Waals surface area contributed by atoms with E-state index < -0.39 is 5.91 Å². The number of aliphatic imine (C=N–C) groups is 1. The number of nitrogens with zero attached hydrogens (tertiary/aromatic N) is 5. The van der Waals surface area contributed by atoms with Crippen LogP contribution in [0.3, 0.4) is 0 Å². The van der Waals surface area contributed by atoms with Crippen LogP contribution in [-0.4, -0.2) is 30.4 Å². The second kappa shape index (κ2) is 5.13. The molecule has 8 nitrogen and oxygen atoms in total. The summed E-state index contributed by atoms with van der Waals surface area (Å²) in [5.41, 5.74) is 14.3. The number of guanidine groups is 1. The smallest absolute Gasteiger partial charge is 0.283 e. The van der Waals surface area contributed by atoms with Crippen LogP contribution in [0.15, 0.2) is 29.4 Å². The number of carbonyl (C=O) groups is 1. The molecule has 0 atom stereocenters. The monoisotopic (exact) mass is 327 g/mol. The molecule has 1 fully saturated rings. The Labute approximate surface area is 135 Å². The van der Waals surface area contributed by atoms with Crippen molar-refractivity contribution in [2.75, 3.05) is 0 Å². The highest BCUT2D eigenvalue weighted by atomic mass is 32.1. The van der Waals surface area contributed by atoms with Crippen molar-refractivity contribution in [1.29, 1.82) is 0 Å². The van der Waals surface area contributed by atoms with E-state index in [1.165, 1.54) is 6.20 Å². The van der Waals surface area contributed by atoms with E-state index in [-0.39, 0.29) is 11.9 Å². The van der Waals surface area contributed by atoms with Gasteiger partial charge in [-0.2, -0.15) is 18.8 Å². The van der Waals surface area contributed by atoms with Crippen LogP contribution < -0.4 is 11.5 Å². The fourth-order valence-electron chi connectivity index (χ4n) is 2.60. The number of fused-ring (bicyclic) bond motifs is 1. The van der Waals surface area contributed by atoms with Gasteiger partial charge in [-0.1, -0.05) is 6.07 Å². The second-order valence-corrected chi connectivity index (χ2v) is 5.91. The maximum absolute atomic E-state index is 12.2. The first-order valence-electron chi connectivity index (χ1n) is 7.08. The highest BCUT2D eigenvalue weighted by molar-refractivity contribution is 7.00. The summed E-state index contributed by atoms with van der Waals surface area (Å²) in [6.07, 6.45) is 3.54. The highest BCUT2D eigenvalue weighted by Gasteiger charge is 2.33. The van der Waals surface area contributed by atoms with Crippen LogP contribution in [0.1, 0.15) is 34.8 Å². The van der Waals surface area contributed by atoms with Crippen molar-refractivity contribution in [3.63, 3.8) is 0 Å². The van der Waals surface area contributed by atoms with Gasteiger partial charge in [0.2, 0.25) is 0 Å². The van der Waals surface area contributed by atoms with Crippen LogP contribution in [0, 0.1) is 0 Å². The zero-order valence-electron chi connectivity index (χ0n) is 12.0. The molecular formula is C14H13N7OS. The van der Waals surface area contributed by atoms with Gasteiger partial charge >= 0.3 is 0 Å². The molecule has 1 aliphatic carbocycles. The maximum Gasteiger partial charge on any atom is 0.283 e. The fraction of sp³-hybridized carbons (Fsp3) is 0.214. The van der Waals surface area contributed by atoms with Crippen molar-refractivity contribution in [3.8, 4) is 5.69 Å². The van der Waals surface area contributed by atoms with Crippen molar-refractivity contribution in [2.24, 2.45) is 16.5 Å². The van der Waals surface area contributed by atoms with Gasteiger partial charge < -0.3 is 11.5 Å². The predicted molar refractivity (Wildman–Crippen MR) is 86.7 cm³/mol. The third kappa shape index (κ3) is 2.34. The SMILES string of the molecule is NC(N)=NC(=O)c1cnn(-c2cccc3nsnc23)c1C1CC1. The fourth-order valence-corrected chi connectivity index (χ4v) is 3.15. The van der Waals surface area contributed by atoms with Crippen molar-refractivity contribution >= 4 is 34.6 Å². The molecule has 116 valence electrons. The van der Waals surface area contributed by atoms with Crippen LogP contribution in [0.4, 0.5) is 0 Å². The molecule has 0 bridgehead atoms. The van der Waals surface area contributed by atoms with Gasteiger partial charge in [0.25, 0.3) is 5.91 Å². The van der Waals surface area contributed by atoms with Gasteiger partial charge in [0, 0.05) is 5.92 Å². The molecule has 0 spiro atoms. The predicted octanol–water partition coefficient (Wildman–Crippen LogP) is 1.17. The summed E-state index contributed by atoms with van der Waals surface area (Å²) in [5, 5.41) is 4.39. The minimum atomic E-state index is -0.471. The highest BCUT2D eigenvalue weighted by Crippen LogP contribution is 2.43. The summed E-state index contributed by atoms with van der Waals surface area (Å²) in [7, 11) is 0. The summed E-state index contributed by atoms with van der Waals surface area (Å²) in [5.74, 6) is -0.440. The van der Waals surface area contributed by atoms with Crippen LogP contribution in [0.5, 0.6) is 0 Å². The number of amides is 1. The summed E-state index contributed by atoms with van der Waals surface area (Å²) < 4.78 is 10.3. The van der Waals surface area contributed by atoms with Gasteiger partial charge in [0.1, 0.15) is 11.0 Å². The van der Waals surface area contributed by atoms with E-state index in [1.54, 1.807) is 4.68 Å². The Bertz CT molecular complexity index is 934. The number of aromatic nitrogens is 4. The van der Waals surface area contributed by atoms with E-state index in [0.29, 0.717) is 5.56 Å². The molecule has 1 aromatic carbocycles. The van der Waals surface area contributed by atoms with Gasteiger partial charge in [-0.25, -0.2) is 4.68 Å². The zero-order chi connectivity index (χ0) is 16.0. The third-order valence-electron chi connectivity index (χ3n) is 3.72. The minimum absolute atomic E-state index is 0.254. The molecule has 0 radical (unpaired) electrons. The Morgan fingerprint density at radius 2 is 2.13 bits per heavy atom. The Balaban J connectivity index is 1.90. The lowest BCUT2D eigenvalue weighted by Gasteiger charge is -2.08. The van der Waals surface area contributed by atoms with E-state index in [9.17, 15) is 4.79 Å². The van der Waals surface area contributed by atoms with E-state index in [2.05, 4.69) is 18.8 Å². The normalized spacial score (nSPS) is 14.1. The van der Waals surface area contributed by atoms with E-state index in [0.717, 1.165) is 47.0 Å². The molecule has 2 heterocycles. The number of rotatable bonds is 3. The van der Waals surface area contributed by atoms with Crippen molar-refractivity contribution in [3.05, 3.63) is 35.7 Å². The first kappa shape index (κ1) is 13.8. The van der Waals surface area contributed by atoms with Gasteiger partial charge in [0.05, 0.1) is 34.9 Å². The molecule has 1 aliphatic rings. The Morgan fingerprint density at radius 3 is 2.87 bits per heavy atom. The van der Waals surface area contributed by atoms with Crippen molar-refractivity contribution in [2.45, 2.75) is 18.8 Å². The Morgan fingerprint density at radius 1 is 1.30 bits per heavy atom. The van der Waals surface area contributed by atoms with Crippen LogP contribution in [0.25, 0.3) is 16.7 Å². The average Bonchev–Trinajstić information content (AvgIpc) is 3.08. The lowest BCUT2D eigenvalue weighted by atomic mass is 10.1. The quantitative estimate of drug-likeness (QED) is 0.549. The van der Waals surface area contributed by atoms with Crippen molar-refractivity contribution < 1.29 is 4.79 Å². The Hall–Kier alpha value is -2.81. The first-order valence-corrected chi connectivity index (χ1v) is 7.81. The van der Waals surface area contributed by atoms with Crippen LogP contribution in [0.2, 0.25) is 0 Å². The number of benzene rings is 1. The maximum atomic E-state index is 12.2. The summed E-state index contributed by atoms with van der Waals surface area (Å²) >= 11 is 1.15. The standard InChI is InChI=1S/C14H13N7OS/c15-14(16)18-13(22)8-6-17-21(12(8)7-4-5-7)10-3-1-2-9-11(10)20-23-19-9/h1-3,6-7H,4-5H2,(H4,15,16,18,22). The Kier molecular flexibility index (Phi) is 3.08. The van der Waals surface area contributed by atoms with E-state index in [4.69, 9.17) is 11.5 Å². The third-order valence-corrected chi connectivity index (χ3v) is 4.27. The average molecular weight is 327 g/mol. The van der Waals surface area contributed by atoms with Gasteiger partial charge in [-0.05, 0) is 25.0 Å².